The Morgan fingerprint density at radius 1 is 1.35 bits per heavy atom. The van der Waals surface area contributed by atoms with Crippen molar-refractivity contribution >= 4 is 46.3 Å². The van der Waals surface area contributed by atoms with Gasteiger partial charge in [-0.05, 0) is 25.1 Å². The predicted molar refractivity (Wildman–Crippen MR) is 92.1 cm³/mol. The van der Waals surface area contributed by atoms with Crippen LogP contribution < -0.4 is 5.32 Å². The fraction of sp³-hybridized carbons (Fsp3) is 0.133. The predicted octanol–water partition coefficient (Wildman–Crippen LogP) is 5.04. The molecule has 1 amide bonds. The van der Waals surface area contributed by atoms with E-state index in [0.717, 1.165) is 11.3 Å². The van der Waals surface area contributed by atoms with Crippen molar-refractivity contribution in [3.63, 3.8) is 0 Å². The van der Waals surface area contributed by atoms with E-state index >= 15 is 0 Å². The Hall–Kier alpha value is -1.89. The van der Waals surface area contributed by atoms with Crippen molar-refractivity contribution in [2.75, 3.05) is 5.32 Å². The Kier molecular flexibility index (Phi) is 4.39. The highest BCUT2D eigenvalue weighted by atomic mass is 35.5. The lowest BCUT2D eigenvalue weighted by atomic mass is 10.2. The zero-order chi connectivity index (χ0) is 16.6. The van der Waals surface area contributed by atoms with Crippen molar-refractivity contribution in [2.45, 2.75) is 13.8 Å². The molecule has 1 N–H and O–H groups in total. The number of nitrogens with zero attached hydrogens (tertiary/aromatic N) is 2. The van der Waals surface area contributed by atoms with Crippen LogP contribution in [-0.2, 0) is 4.79 Å². The summed E-state index contributed by atoms with van der Waals surface area (Å²) in [5.74, 6) is 0.0537. The minimum absolute atomic E-state index is 0.236. The highest BCUT2D eigenvalue weighted by Crippen LogP contribution is 2.37. The highest BCUT2D eigenvalue weighted by molar-refractivity contribution is 7.13. The Balaban J connectivity index is 2.03. The first-order chi connectivity index (χ1) is 11.0. The number of amides is 1. The molecule has 5 nitrogen and oxygen atoms in total. The first-order valence-corrected chi connectivity index (χ1v) is 8.24. The van der Waals surface area contributed by atoms with Crippen LogP contribution in [0.25, 0.3) is 21.8 Å². The molecule has 0 saturated heterocycles. The van der Waals surface area contributed by atoms with Crippen molar-refractivity contribution in [3.05, 3.63) is 39.3 Å². The standard InChI is InChI=1S/C15H11Cl2N3O2S/c1-7-13(14(22-20-7)18-8(2)21)15-19-12(6-23-15)10-4-3-9(16)5-11(10)17/h3-6H,1-2H3,(H,18,21). The maximum atomic E-state index is 11.3. The molecule has 1 aromatic carbocycles. The number of halogens is 2. The van der Waals surface area contributed by atoms with Gasteiger partial charge in [0.2, 0.25) is 11.8 Å². The van der Waals surface area contributed by atoms with E-state index in [9.17, 15) is 4.79 Å². The van der Waals surface area contributed by atoms with E-state index in [0.29, 0.717) is 26.3 Å². The number of hydrogen-bond donors (Lipinski definition) is 1. The third-order valence-electron chi connectivity index (χ3n) is 3.08. The second-order valence-corrected chi connectivity index (χ2v) is 6.52. The number of thiazole rings is 1. The molecule has 0 spiro atoms. The largest absolute Gasteiger partial charge is 0.337 e. The lowest BCUT2D eigenvalue weighted by Gasteiger charge is -2.01. The summed E-state index contributed by atoms with van der Waals surface area (Å²) in [5, 5.41) is 10.2. The Bertz CT molecular complexity index is 889. The highest BCUT2D eigenvalue weighted by Gasteiger charge is 2.20. The lowest BCUT2D eigenvalue weighted by Crippen LogP contribution is -2.05. The van der Waals surface area contributed by atoms with Crippen LogP contribution in [-0.4, -0.2) is 16.0 Å². The van der Waals surface area contributed by atoms with Crippen LogP contribution in [0.2, 0.25) is 10.0 Å². The fourth-order valence-corrected chi connectivity index (χ4v) is 3.49. The number of rotatable bonds is 3. The monoisotopic (exact) mass is 367 g/mol. The van der Waals surface area contributed by atoms with Crippen molar-refractivity contribution in [3.8, 4) is 21.8 Å². The average molecular weight is 368 g/mol. The second kappa shape index (κ2) is 6.31. The van der Waals surface area contributed by atoms with Crippen LogP contribution in [0, 0.1) is 6.92 Å². The number of carbonyl (C=O) groups excluding carboxylic acids is 1. The molecule has 3 rings (SSSR count). The van der Waals surface area contributed by atoms with Crippen LogP contribution in [0.1, 0.15) is 12.6 Å². The van der Waals surface area contributed by atoms with Gasteiger partial charge in [0.05, 0.1) is 22.0 Å². The van der Waals surface area contributed by atoms with Gasteiger partial charge in [0.1, 0.15) is 5.01 Å². The van der Waals surface area contributed by atoms with Gasteiger partial charge in [0.25, 0.3) is 0 Å². The molecule has 0 aliphatic heterocycles. The molecule has 8 heteroatoms. The molecule has 3 aromatic rings. The topological polar surface area (TPSA) is 68.0 Å². The third kappa shape index (κ3) is 3.24. The van der Waals surface area contributed by atoms with Gasteiger partial charge in [-0.2, -0.15) is 0 Å². The summed E-state index contributed by atoms with van der Waals surface area (Å²) < 4.78 is 5.16. The van der Waals surface area contributed by atoms with Crippen LogP contribution in [0.15, 0.2) is 28.1 Å². The van der Waals surface area contributed by atoms with Crippen molar-refractivity contribution in [1.82, 2.24) is 10.1 Å². The summed E-state index contributed by atoms with van der Waals surface area (Å²) in [6, 6.07) is 5.25. The van der Waals surface area contributed by atoms with Crippen molar-refractivity contribution in [1.29, 1.82) is 0 Å². The minimum atomic E-state index is -0.236. The average Bonchev–Trinajstić information content (AvgIpc) is 3.05. The first kappa shape index (κ1) is 16.0. The van der Waals surface area contributed by atoms with E-state index in [1.807, 2.05) is 11.4 Å². The van der Waals surface area contributed by atoms with Gasteiger partial charge in [0.15, 0.2) is 0 Å². The van der Waals surface area contributed by atoms with Gasteiger partial charge in [-0.3, -0.25) is 10.1 Å². The molecule has 0 bridgehead atoms. The van der Waals surface area contributed by atoms with Crippen molar-refractivity contribution < 1.29 is 9.32 Å². The Morgan fingerprint density at radius 2 is 2.13 bits per heavy atom. The third-order valence-corrected chi connectivity index (χ3v) is 4.49. The van der Waals surface area contributed by atoms with E-state index < -0.39 is 0 Å². The smallest absolute Gasteiger partial charge is 0.241 e. The van der Waals surface area contributed by atoms with Crippen LogP contribution >= 0.6 is 34.5 Å². The summed E-state index contributed by atoms with van der Waals surface area (Å²) in [7, 11) is 0. The van der Waals surface area contributed by atoms with Crippen LogP contribution in [0.4, 0.5) is 5.88 Å². The van der Waals surface area contributed by atoms with E-state index in [-0.39, 0.29) is 11.8 Å². The molecule has 0 atom stereocenters. The molecule has 2 heterocycles. The Morgan fingerprint density at radius 3 is 2.83 bits per heavy atom. The number of nitrogens with one attached hydrogen (secondary N) is 1. The molecule has 0 fully saturated rings. The SMILES string of the molecule is CC(=O)Nc1onc(C)c1-c1nc(-c2ccc(Cl)cc2Cl)cs1. The number of anilines is 1. The Labute approximate surface area is 146 Å². The lowest BCUT2D eigenvalue weighted by molar-refractivity contribution is -0.114. The number of carbonyl (C=O) groups is 1. The molecule has 0 radical (unpaired) electrons. The molecular weight excluding hydrogens is 357 g/mol. The van der Waals surface area contributed by atoms with E-state index in [4.69, 9.17) is 27.7 Å². The van der Waals surface area contributed by atoms with E-state index in [2.05, 4.69) is 15.5 Å². The number of benzene rings is 1. The second-order valence-electron chi connectivity index (χ2n) is 4.82. The summed E-state index contributed by atoms with van der Waals surface area (Å²) >= 11 is 13.6. The van der Waals surface area contributed by atoms with Crippen LogP contribution in [0.3, 0.4) is 0 Å². The summed E-state index contributed by atoms with van der Waals surface area (Å²) in [4.78, 5) is 15.8. The number of hydrogen-bond acceptors (Lipinski definition) is 5. The molecule has 0 aliphatic carbocycles. The summed E-state index contributed by atoms with van der Waals surface area (Å²) in [6.45, 7) is 3.20. The summed E-state index contributed by atoms with van der Waals surface area (Å²) in [5.41, 5.74) is 2.83. The fourth-order valence-electron chi connectivity index (χ4n) is 2.08. The van der Waals surface area contributed by atoms with Crippen molar-refractivity contribution in [2.24, 2.45) is 0 Å². The molecule has 23 heavy (non-hydrogen) atoms. The van der Waals surface area contributed by atoms with Gasteiger partial charge in [-0.25, -0.2) is 4.98 Å². The van der Waals surface area contributed by atoms with Gasteiger partial charge in [-0.1, -0.05) is 28.4 Å². The molecule has 0 unspecified atom stereocenters. The number of aromatic nitrogens is 2. The maximum Gasteiger partial charge on any atom is 0.241 e. The molecule has 0 saturated carbocycles. The first-order valence-electron chi connectivity index (χ1n) is 6.61. The zero-order valence-electron chi connectivity index (χ0n) is 12.2. The zero-order valence-corrected chi connectivity index (χ0v) is 14.5. The van der Waals surface area contributed by atoms with Gasteiger partial charge >= 0.3 is 0 Å². The minimum Gasteiger partial charge on any atom is -0.337 e. The molecule has 118 valence electrons. The quantitative estimate of drug-likeness (QED) is 0.703. The van der Waals surface area contributed by atoms with Gasteiger partial charge < -0.3 is 4.52 Å². The van der Waals surface area contributed by atoms with Gasteiger partial charge in [0, 0.05) is 22.9 Å². The molecule has 2 aromatic heterocycles. The molecular formula is C15H11Cl2N3O2S. The normalized spacial score (nSPS) is 10.8. The van der Waals surface area contributed by atoms with E-state index in [1.165, 1.54) is 18.3 Å². The maximum absolute atomic E-state index is 11.3. The molecule has 0 aliphatic rings. The number of aryl methyl sites for hydroxylation is 1. The van der Waals surface area contributed by atoms with Crippen LogP contribution in [0.5, 0.6) is 0 Å². The summed E-state index contributed by atoms with van der Waals surface area (Å²) in [6.07, 6.45) is 0. The van der Waals surface area contributed by atoms with E-state index in [1.54, 1.807) is 19.1 Å². The van der Waals surface area contributed by atoms with Gasteiger partial charge in [-0.15, -0.1) is 11.3 Å².